The lowest BCUT2D eigenvalue weighted by atomic mass is 10.2. The number of para-hydroxylation sites is 2. The van der Waals surface area contributed by atoms with E-state index in [9.17, 15) is 4.79 Å². The first kappa shape index (κ1) is 15.6. The monoisotopic (exact) mass is 374 g/mol. The number of aromatic amines is 1. The number of aromatic nitrogens is 2. The van der Waals surface area contributed by atoms with Crippen molar-refractivity contribution in [2.75, 3.05) is 6.61 Å². The lowest BCUT2D eigenvalue weighted by Gasteiger charge is -2.12. The molecule has 1 aromatic heterocycles. The van der Waals surface area contributed by atoms with Gasteiger partial charge in [-0.15, -0.1) is 0 Å². The molecule has 2 aromatic carbocycles. The Labute approximate surface area is 141 Å². The molecule has 0 bridgehead atoms. The van der Waals surface area contributed by atoms with Gasteiger partial charge < -0.3 is 14.5 Å². The molecule has 5 nitrogen and oxygen atoms in total. The molecule has 0 atom stereocenters. The fourth-order valence-electron chi connectivity index (χ4n) is 2.30. The number of imidazole rings is 1. The minimum atomic E-state index is -0.394. The first-order valence-corrected chi connectivity index (χ1v) is 7.97. The van der Waals surface area contributed by atoms with E-state index in [2.05, 4.69) is 25.9 Å². The number of fused-ring (bicyclic) bond motifs is 1. The molecule has 0 aliphatic heterocycles. The van der Waals surface area contributed by atoms with Crippen molar-refractivity contribution in [2.24, 2.45) is 0 Å². The highest BCUT2D eigenvalue weighted by Gasteiger charge is 2.16. The number of esters is 1. The van der Waals surface area contributed by atoms with Gasteiger partial charge in [-0.25, -0.2) is 4.98 Å². The number of benzene rings is 2. The van der Waals surface area contributed by atoms with E-state index in [-0.39, 0.29) is 0 Å². The van der Waals surface area contributed by atoms with E-state index in [4.69, 9.17) is 9.47 Å². The molecule has 0 aliphatic rings. The van der Waals surface area contributed by atoms with Crippen molar-refractivity contribution in [1.29, 1.82) is 0 Å². The third-order valence-electron chi connectivity index (χ3n) is 3.23. The number of carbonyl (C=O) groups excluding carboxylic acids is 1. The largest absolute Gasteiger partial charge is 0.490 e. The number of hydrogen-bond donors (Lipinski definition) is 1. The number of ether oxygens (including phenoxy) is 2. The van der Waals surface area contributed by atoms with Crippen molar-refractivity contribution in [3.63, 3.8) is 0 Å². The predicted octanol–water partition coefficient (Wildman–Crippen LogP) is 4.32. The van der Waals surface area contributed by atoms with Gasteiger partial charge in [-0.05, 0) is 47.1 Å². The first-order chi connectivity index (χ1) is 11.1. The zero-order valence-electron chi connectivity index (χ0n) is 12.7. The van der Waals surface area contributed by atoms with Crippen LogP contribution in [0.4, 0.5) is 0 Å². The molecule has 0 amide bonds. The molecule has 0 aliphatic carbocycles. The molecular weight excluding hydrogens is 360 g/mol. The molecule has 1 N–H and O–H groups in total. The molecule has 3 aromatic rings. The highest BCUT2D eigenvalue weighted by atomic mass is 79.9. The highest BCUT2D eigenvalue weighted by molar-refractivity contribution is 9.10. The predicted molar refractivity (Wildman–Crippen MR) is 91.7 cm³/mol. The number of halogens is 1. The summed E-state index contributed by atoms with van der Waals surface area (Å²) >= 11 is 3.51. The van der Waals surface area contributed by atoms with Crippen LogP contribution in [-0.4, -0.2) is 22.5 Å². The Kier molecular flexibility index (Phi) is 4.34. The molecule has 0 spiro atoms. The van der Waals surface area contributed by atoms with Crippen molar-refractivity contribution in [3.8, 4) is 22.9 Å². The first-order valence-electron chi connectivity index (χ1n) is 7.18. The van der Waals surface area contributed by atoms with Crippen LogP contribution in [0, 0.1) is 0 Å². The van der Waals surface area contributed by atoms with Crippen LogP contribution in [0.1, 0.15) is 13.8 Å². The van der Waals surface area contributed by atoms with Gasteiger partial charge in [0.1, 0.15) is 5.82 Å². The average molecular weight is 375 g/mol. The van der Waals surface area contributed by atoms with Crippen LogP contribution < -0.4 is 9.47 Å². The second kappa shape index (κ2) is 6.42. The third-order valence-corrected chi connectivity index (χ3v) is 3.89. The normalized spacial score (nSPS) is 10.7. The van der Waals surface area contributed by atoms with Gasteiger partial charge in [0.15, 0.2) is 11.5 Å². The molecule has 0 saturated heterocycles. The van der Waals surface area contributed by atoms with Gasteiger partial charge in [-0.2, -0.15) is 0 Å². The van der Waals surface area contributed by atoms with E-state index in [1.54, 1.807) is 6.07 Å². The Morgan fingerprint density at radius 3 is 2.74 bits per heavy atom. The summed E-state index contributed by atoms with van der Waals surface area (Å²) in [5.41, 5.74) is 2.67. The van der Waals surface area contributed by atoms with Crippen molar-refractivity contribution >= 4 is 32.9 Å². The summed E-state index contributed by atoms with van der Waals surface area (Å²) in [5.74, 6) is 1.20. The molecule has 3 rings (SSSR count). The van der Waals surface area contributed by atoms with Gasteiger partial charge in [0.25, 0.3) is 0 Å². The van der Waals surface area contributed by atoms with E-state index in [1.807, 2.05) is 37.3 Å². The quantitative estimate of drug-likeness (QED) is 0.545. The number of nitrogens with one attached hydrogen (secondary N) is 1. The van der Waals surface area contributed by atoms with E-state index in [0.717, 1.165) is 21.1 Å². The van der Waals surface area contributed by atoms with Crippen molar-refractivity contribution in [1.82, 2.24) is 9.97 Å². The summed E-state index contributed by atoms with van der Waals surface area (Å²) < 4.78 is 11.6. The summed E-state index contributed by atoms with van der Waals surface area (Å²) in [5, 5.41) is 0. The fraction of sp³-hybridized carbons (Fsp3) is 0.176. The molecule has 118 valence electrons. The van der Waals surface area contributed by atoms with E-state index < -0.39 is 5.97 Å². The summed E-state index contributed by atoms with van der Waals surface area (Å²) in [6.07, 6.45) is 0. The SMILES string of the molecule is CCOc1cc(-c2nc3ccccc3[nH]2)c(Br)cc1OC(C)=O. The van der Waals surface area contributed by atoms with Gasteiger partial charge in [-0.3, -0.25) is 4.79 Å². The molecule has 23 heavy (non-hydrogen) atoms. The van der Waals surface area contributed by atoms with Crippen molar-refractivity contribution < 1.29 is 14.3 Å². The smallest absolute Gasteiger partial charge is 0.308 e. The van der Waals surface area contributed by atoms with Gasteiger partial charge in [0, 0.05) is 17.0 Å². The second-order valence-electron chi connectivity index (χ2n) is 4.91. The second-order valence-corrected chi connectivity index (χ2v) is 5.76. The van der Waals surface area contributed by atoms with Crippen LogP contribution >= 0.6 is 15.9 Å². The number of H-pyrrole nitrogens is 1. The van der Waals surface area contributed by atoms with Gasteiger partial charge in [0.2, 0.25) is 0 Å². The van der Waals surface area contributed by atoms with Gasteiger partial charge in [-0.1, -0.05) is 12.1 Å². The van der Waals surface area contributed by atoms with Crippen molar-refractivity contribution in [2.45, 2.75) is 13.8 Å². The molecule has 1 heterocycles. The fourth-order valence-corrected chi connectivity index (χ4v) is 2.81. The van der Waals surface area contributed by atoms with E-state index in [0.29, 0.717) is 23.9 Å². The summed E-state index contributed by atoms with van der Waals surface area (Å²) in [6.45, 7) is 3.70. The highest BCUT2D eigenvalue weighted by Crippen LogP contribution is 2.38. The minimum Gasteiger partial charge on any atom is -0.490 e. The zero-order chi connectivity index (χ0) is 16.4. The van der Waals surface area contributed by atoms with Crippen LogP contribution in [0.15, 0.2) is 40.9 Å². The maximum atomic E-state index is 11.2. The maximum Gasteiger partial charge on any atom is 0.308 e. The summed E-state index contributed by atoms with van der Waals surface area (Å²) in [7, 11) is 0. The molecule has 6 heteroatoms. The molecular formula is C17H15BrN2O3. The lowest BCUT2D eigenvalue weighted by molar-refractivity contribution is -0.132. The zero-order valence-corrected chi connectivity index (χ0v) is 14.3. The standard InChI is InChI=1S/C17H15BrN2O3/c1-3-22-15-8-11(12(18)9-16(15)23-10(2)21)17-19-13-6-4-5-7-14(13)20-17/h4-9H,3H2,1-2H3,(H,19,20). The van der Waals surface area contributed by atoms with Crippen molar-refractivity contribution in [3.05, 3.63) is 40.9 Å². The topological polar surface area (TPSA) is 64.2 Å². The Bertz CT molecular complexity index is 840. The molecule has 0 radical (unpaired) electrons. The number of hydrogen-bond acceptors (Lipinski definition) is 4. The Balaban J connectivity index is 2.11. The van der Waals surface area contributed by atoms with Crippen LogP contribution in [-0.2, 0) is 4.79 Å². The molecule has 0 fully saturated rings. The van der Waals surface area contributed by atoms with E-state index >= 15 is 0 Å². The Hall–Kier alpha value is -2.34. The molecule has 0 saturated carbocycles. The Morgan fingerprint density at radius 1 is 1.26 bits per heavy atom. The van der Waals surface area contributed by atoms with Crippen LogP contribution in [0.5, 0.6) is 11.5 Å². The van der Waals surface area contributed by atoms with Crippen LogP contribution in [0.3, 0.4) is 0 Å². The molecule has 0 unspecified atom stereocenters. The number of nitrogens with zero attached hydrogens (tertiary/aromatic N) is 1. The third kappa shape index (κ3) is 3.22. The summed E-state index contributed by atoms with van der Waals surface area (Å²) in [6, 6.07) is 11.3. The number of carbonyl (C=O) groups is 1. The van der Waals surface area contributed by atoms with Crippen LogP contribution in [0.25, 0.3) is 22.4 Å². The Morgan fingerprint density at radius 2 is 2.04 bits per heavy atom. The average Bonchev–Trinajstić information content (AvgIpc) is 2.93. The summed E-state index contributed by atoms with van der Waals surface area (Å²) in [4.78, 5) is 19.1. The number of rotatable bonds is 4. The minimum absolute atomic E-state index is 0.381. The van der Waals surface area contributed by atoms with Crippen LogP contribution in [0.2, 0.25) is 0 Å². The van der Waals surface area contributed by atoms with E-state index in [1.165, 1.54) is 6.92 Å². The maximum absolute atomic E-state index is 11.2. The lowest BCUT2D eigenvalue weighted by Crippen LogP contribution is -2.04. The van der Waals surface area contributed by atoms with Gasteiger partial charge in [0.05, 0.1) is 17.6 Å². The van der Waals surface area contributed by atoms with Gasteiger partial charge >= 0.3 is 5.97 Å².